The Morgan fingerprint density at radius 3 is 2.66 bits per heavy atom. The van der Waals surface area contributed by atoms with Gasteiger partial charge in [0.1, 0.15) is 6.54 Å². The normalized spacial score (nSPS) is 15.2. The van der Waals surface area contributed by atoms with Crippen molar-refractivity contribution in [2.45, 2.75) is 58.9 Å². The van der Waals surface area contributed by atoms with Gasteiger partial charge in [0.25, 0.3) is 0 Å². The van der Waals surface area contributed by atoms with Crippen molar-refractivity contribution in [3.05, 3.63) is 80.6 Å². The van der Waals surface area contributed by atoms with Gasteiger partial charge in [-0.1, -0.05) is 70.0 Å². The van der Waals surface area contributed by atoms with Crippen molar-refractivity contribution < 1.29 is 19.4 Å². The largest absolute Gasteiger partial charge is 0.478 e. The first-order chi connectivity index (χ1) is 21.3. The van der Waals surface area contributed by atoms with Crippen LogP contribution < -0.4 is 10.4 Å². The summed E-state index contributed by atoms with van der Waals surface area (Å²) in [7, 11) is 0. The number of aromatic carboxylic acids is 1. The second-order valence-electron chi connectivity index (χ2n) is 11.6. The molecule has 2 aromatic heterocycles. The van der Waals surface area contributed by atoms with Crippen LogP contribution in [0.4, 0.5) is 0 Å². The molecule has 1 aliphatic rings. The highest BCUT2D eigenvalue weighted by atomic mass is 32.1. The Bertz CT molecular complexity index is 1780. The number of allylic oxidation sites excluding steroid dienone is 2. The van der Waals surface area contributed by atoms with Gasteiger partial charge < -0.3 is 19.3 Å². The Morgan fingerprint density at radius 1 is 1.16 bits per heavy atom. The minimum atomic E-state index is -0.986. The topological polar surface area (TPSA) is 84.7 Å². The van der Waals surface area contributed by atoms with Gasteiger partial charge in [-0.2, -0.15) is 0 Å². The number of fused-ring (bicyclic) bond motifs is 1. The quantitative estimate of drug-likeness (QED) is 0.201. The standard InChI is InChI=1S/C36H41N3O4S/c1-5-6-7-8-26(4)34-30-14-13-29(36(41)42)20-31(30)39(22-33(40)38-15-17-43-18-16-38)35(34)28-12-9-24(2)27(19-28)11-10-25(3)32-21-37-23-44-32/h9-14,19-21,23,26H,2,5-8,15-18,22H2,1,3-4H3,(H,41,42)/b25-10+,27-11-. The molecule has 0 saturated carbocycles. The number of nitrogens with zero attached hydrogens (tertiary/aromatic N) is 3. The number of unbranched alkanes of at least 4 members (excludes halogenated alkanes) is 2. The van der Waals surface area contributed by atoms with Crippen LogP contribution in [0.2, 0.25) is 0 Å². The average Bonchev–Trinajstić information content (AvgIpc) is 3.68. The SMILES string of the molecule is C=c1ccc(-c2c(C(C)CCCCC)c3ccc(C(=O)O)cc3n2CC(=O)N2CCOCC2)c/c1=C/C=C(\C)c1cncs1. The predicted octanol–water partition coefficient (Wildman–Crippen LogP) is 6.30. The molecule has 8 heteroatoms. The summed E-state index contributed by atoms with van der Waals surface area (Å²) in [5.74, 6) is -0.782. The highest BCUT2D eigenvalue weighted by Gasteiger charge is 2.26. The summed E-state index contributed by atoms with van der Waals surface area (Å²) in [6, 6.07) is 11.6. The van der Waals surface area contributed by atoms with Crippen LogP contribution in [-0.2, 0) is 16.1 Å². The number of amides is 1. The summed E-state index contributed by atoms with van der Waals surface area (Å²) in [5, 5.41) is 12.8. The third-order valence-corrected chi connectivity index (χ3v) is 9.40. The van der Waals surface area contributed by atoms with Gasteiger partial charge in [0.2, 0.25) is 5.91 Å². The van der Waals surface area contributed by atoms with Crippen molar-refractivity contribution in [1.82, 2.24) is 14.5 Å². The molecule has 1 unspecified atom stereocenters. The number of ether oxygens (including phenoxy) is 1. The maximum absolute atomic E-state index is 13.7. The van der Waals surface area contributed by atoms with E-state index in [9.17, 15) is 14.7 Å². The molecule has 44 heavy (non-hydrogen) atoms. The third kappa shape index (κ3) is 6.87. The summed E-state index contributed by atoms with van der Waals surface area (Å²) in [5.41, 5.74) is 7.02. The van der Waals surface area contributed by atoms with Crippen LogP contribution in [-0.4, -0.2) is 57.7 Å². The Labute approximate surface area is 262 Å². The van der Waals surface area contributed by atoms with E-state index in [2.05, 4.69) is 56.6 Å². The minimum absolute atomic E-state index is 0.000967. The van der Waals surface area contributed by atoms with Crippen molar-refractivity contribution in [1.29, 1.82) is 0 Å². The molecule has 1 N–H and O–H groups in total. The predicted molar refractivity (Wildman–Crippen MR) is 179 cm³/mol. The van der Waals surface area contributed by atoms with E-state index in [-0.39, 0.29) is 23.9 Å². The van der Waals surface area contributed by atoms with E-state index in [1.54, 1.807) is 23.5 Å². The Morgan fingerprint density at radius 2 is 1.95 bits per heavy atom. The number of carboxylic acids is 1. The smallest absolute Gasteiger partial charge is 0.335 e. The number of aromatic nitrogens is 2. The van der Waals surface area contributed by atoms with Gasteiger partial charge in [-0.3, -0.25) is 9.78 Å². The number of thiazole rings is 1. The molecular weight excluding hydrogens is 570 g/mol. The maximum atomic E-state index is 13.7. The van der Waals surface area contributed by atoms with E-state index >= 15 is 0 Å². The van der Waals surface area contributed by atoms with Gasteiger partial charge in [-0.05, 0) is 64.6 Å². The van der Waals surface area contributed by atoms with Gasteiger partial charge in [-0.15, -0.1) is 11.3 Å². The monoisotopic (exact) mass is 611 g/mol. The van der Waals surface area contributed by atoms with E-state index in [4.69, 9.17) is 4.74 Å². The van der Waals surface area contributed by atoms with E-state index in [0.29, 0.717) is 26.3 Å². The second-order valence-corrected chi connectivity index (χ2v) is 12.5. The molecule has 230 valence electrons. The number of carbonyl (C=O) groups excluding carboxylic acids is 1. The third-order valence-electron chi connectivity index (χ3n) is 8.49. The molecule has 0 spiro atoms. The number of rotatable bonds is 11. The van der Waals surface area contributed by atoms with E-state index < -0.39 is 5.97 Å². The summed E-state index contributed by atoms with van der Waals surface area (Å²) >= 11 is 1.60. The van der Waals surface area contributed by atoms with Crippen molar-refractivity contribution in [3.63, 3.8) is 0 Å². The molecule has 1 amide bonds. The molecule has 5 rings (SSSR count). The van der Waals surface area contributed by atoms with Crippen molar-refractivity contribution >= 4 is 52.3 Å². The number of benzene rings is 2. The van der Waals surface area contributed by atoms with Gasteiger partial charge >= 0.3 is 5.97 Å². The summed E-state index contributed by atoms with van der Waals surface area (Å²) in [6.07, 6.45) is 10.4. The molecule has 0 aliphatic carbocycles. The van der Waals surface area contributed by atoms with Crippen LogP contribution in [0.15, 0.2) is 54.2 Å². The Hall–Kier alpha value is -4.01. The Balaban J connectivity index is 1.72. The van der Waals surface area contributed by atoms with Crippen molar-refractivity contribution in [3.8, 4) is 11.3 Å². The molecule has 7 nitrogen and oxygen atoms in total. The van der Waals surface area contributed by atoms with Crippen LogP contribution in [0, 0.1) is 0 Å². The van der Waals surface area contributed by atoms with Gasteiger partial charge in [0.15, 0.2) is 0 Å². The molecule has 2 aromatic carbocycles. The number of hydrogen-bond acceptors (Lipinski definition) is 5. The van der Waals surface area contributed by atoms with Crippen LogP contribution >= 0.6 is 11.3 Å². The second kappa shape index (κ2) is 14.2. The van der Waals surface area contributed by atoms with Crippen molar-refractivity contribution in [2.75, 3.05) is 26.3 Å². The van der Waals surface area contributed by atoms with Crippen LogP contribution in [0.5, 0.6) is 0 Å². The average molecular weight is 612 g/mol. The fourth-order valence-electron chi connectivity index (χ4n) is 5.98. The summed E-state index contributed by atoms with van der Waals surface area (Å²) in [6.45, 7) is 13.1. The van der Waals surface area contributed by atoms with E-state index in [1.807, 2.05) is 33.3 Å². The first kappa shape index (κ1) is 31.4. The zero-order valence-electron chi connectivity index (χ0n) is 25.8. The first-order valence-corrected chi connectivity index (χ1v) is 16.3. The minimum Gasteiger partial charge on any atom is -0.478 e. The summed E-state index contributed by atoms with van der Waals surface area (Å²) in [4.78, 5) is 32.9. The van der Waals surface area contributed by atoms with Crippen LogP contribution in [0.1, 0.15) is 73.2 Å². The van der Waals surface area contributed by atoms with Crippen LogP contribution in [0.25, 0.3) is 40.4 Å². The maximum Gasteiger partial charge on any atom is 0.335 e. The van der Waals surface area contributed by atoms with E-state index in [0.717, 1.165) is 74.3 Å². The Kier molecular flexibility index (Phi) is 10.1. The van der Waals surface area contributed by atoms with E-state index in [1.165, 1.54) is 0 Å². The zero-order valence-corrected chi connectivity index (χ0v) is 26.7. The molecule has 0 bridgehead atoms. The number of morpholine rings is 1. The van der Waals surface area contributed by atoms with Gasteiger partial charge in [0.05, 0.1) is 35.5 Å². The molecular formula is C36H41N3O4S. The highest BCUT2D eigenvalue weighted by Crippen LogP contribution is 2.40. The van der Waals surface area contributed by atoms with Gasteiger partial charge in [0, 0.05) is 29.5 Å². The summed E-state index contributed by atoms with van der Waals surface area (Å²) < 4.78 is 7.54. The lowest BCUT2D eigenvalue weighted by atomic mass is 9.90. The lowest BCUT2D eigenvalue weighted by Crippen LogP contribution is -2.42. The highest BCUT2D eigenvalue weighted by molar-refractivity contribution is 7.10. The fourth-order valence-corrected chi connectivity index (χ4v) is 6.59. The fraction of sp³-hybridized carbons (Fsp3) is 0.361. The van der Waals surface area contributed by atoms with Gasteiger partial charge in [-0.25, -0.2) is 4.79 Å². The number of hydrogen-bond donors (Lipinski definition) is 1. The lowest BCUT2D eigenvalue weighted by molar-refractivity contribution is -0.135. The number of carboxylic acid groups (broad SMARTS) is 1. The first-order valence-electron chi connectivity index (χ1n) is 15.4. The molecule has 1 saturated heterocycles. The lowest BCUT2D eigenvalue weighted by Gasteiger charge is -2.27. The van der Waals surface area contributed by atoms with Crippen LogP contribution in [0.3, 0.4) is 0 Å². The molecule has 3 heterocycles. The zero-order chi connectivity index (χ0) is 31.2. The molecule has 1 aliphatic heterocycles. The molecule has 0 radical (unpaired) electrons. The van der Waals surface area contributed by atoms with Crippen molar-refractivity contribution in [2.24, 2.45) is 0 Å². The molecule has 1 fully saturated rings. The molecule has 4 aromatic rings. The molecule has 1 atom stereocenters. The number of carbonyl (C=O) groups is 2.